The number of hydrogen-bond acceptors (Lipinski definition) is 4. The Kier molecular flexibility index (Phi) is 6.63. The van der Waals surface area contributed by atoms with E-state index in [-0.39, 0.29) is 29.7 Å². The first-order valence-corrected chi connectivity index (χ1v) is 11.9. The molecule has 0 spiro atoms. The number of rotatable bonds is 6. The first-order valence-electron chi connectivity index (χ1n) is 10.4. The molecule has 0 aromatic heterocycles. The van der Waals surface area contributed by atoms with Gasteiger partial charge in [0, 0.05) is 44.7 Å². The van der Waals surface area contributed by atoms with Gasteiger partial charge in [0.2, 0.25) is 21.8 Å². The van der Waals surface area contributed by atoms with E-state index in [1.165, 1.54) is 6.07 Å². The number of carbonyl (C=O) groups excluding carboxylic acids is 2. The average molecular weight is 422 g/mol. The minimum atomic E-state index is -3.70. The van der Waals surface area contributed by atoms with Crippen LogP contribution in [-0.2, 0) is 26.0 Å². The van der Waals surface area contributed by atoms with Crippen LogP contribution in [0.4, 0.5) is 5.69 Å². The Balaban J connectivity index is 1.59. The summed E-state index contributed by atoms with van der Waals surface area (Å²) in [6.45, 7) is 8.25. The number of likely N-dealkylation sites (tertiary alicyclic amines) is 1. The molecule has 2 atom stereocenters. The third kappa shape index (κ3) is 4.98. The fraction of sp³-hybridized carbons (Fsp3) is 0.619. The van der Waals surface area contributed by atoms with Crippen molar-refractivity contribution in [2.24, 2.45) is 11.8 Å². The number of amides is 2. The monoisotopic (exact) mass is 421 g/mol. The van der Waals surface area contributed by atoms with Gasteiger partial charge in [-0.25, -0.2) is 13.1 Å². The van der Waals surface area contributed by atoms with Gasteiger partial charge >= 0.3 is 0 Å². The number of benzene rings is 1. The first-order chi connectivity index (χ1) is 13.7. The van der Waals surface area contributed by atoms with Gasteiger partial charge in [-0.3, -0.25) is 9.59 Å². The van der Waals surface area contributed by atoms with Gasteiger partial charge in [0.15, 0.2) is 0 Å². The molecule has 0 unspecified atom stereocenters. The number of nitrogens with zero attached hydrogens (tertiary/aromatic N) is 2. The summed E-state index contributed by atoms with van der Waals surface area (Å²) in [5, 5.41) is 0. The van der Waals surface area contributed by atoms with Crippen LogP contribution in [0, 0.1) is 11.8 Å². The van der Waals surface area contributed by atoms with Crippen LogP contribution in [0.3, 0.4) is 0 Å². The number of sulfonamides is 1. The zero-order valence-electron chi connectivity index (χ0n) is 17.5. The third-order valence-electron chi connectivity index (χ3n) is 5.71. The topological polar surface area (TPSA) is 86.8 Å². The minimum Gasteiger partial charge on any atom is -0.342 e. The number of piperidine rings is 1. The molecule has 29 heavy (non-hydrogen) atoms. The summed E-state index contributed by atoms with van der Waals surface area (Å²) in [6, 6.07) is 4.86. The lowest BCUT2D eigenvalue weighted by Crippen LogP contribution is -2.43. The molecule has 3 rings (SSSR count). The van der Waals surface area contributed by atoms with Gasteiger partial charge in [-0.15, -0.1) is 0 Å². The van der Waals surface area contributed by atoms with E-state index in [2.05, 4.69) is 18.6 Å². The smallest absolute Gasteiger partial charge is 0.240 e. The van der Waals surface area contributed by atoms with Crippen LogP contribution >= 0.6 is 0 Å². The van der Waals surface area contributed by atoms with Gasteiger partial charge in [0.05, 0.1) is 4.90 Å². The summed E-state index contributed by atoms with van der Waals surface area (Å²) in [7, 11) is -3.70. The van der Waals surface area contributed by atoms with Crippen molar-refractivity contribution in [2.45, 2.75) is 51.3 Å². The summed E-state index contributed by atoms with van der Waals surface area (Å²) in [4.78, 5) is 28.2. The van der Waals surface area contributed by atoms with Crippen molar-refractivity contribution >= 4 is 27.5 Å². The SMILES string of the molecule is CCC(=O)N1CCc2cc(S(=O)(=O)NCCC(=O)N3C[C@H](C)C[C@H](C)C3)ccc21. The quantitative estimate of drug-likeness (QED) is 0.763. The van der Waals surface area contributed by atoms with Crippen molar-refractivity contribution in [3.63, 3.8) is 0 Å². The zero-order valence-corrected chi connectivity index (χ0v) is 18.3. The second-order valence-electron chi connectivity index (χ2n) is 8.33. The Morgan fingerprint density at radius 2 is 1.83 bits per heavy atom. The van der Waals surface area contributed by atoms with Gasteiger partial charge in [0.25, 0.3) is 0 Å². The van der Waals surface area contributed by atoms with E-state index >= 15 is 0 Å². The van der Waals surface area contributed by atoms with E-state index in [0.717, 1.165) is 30.8 Å². The molecular weight excluding hydrogens is 390 g/mol. The highest BCUT2D eigenvalue weighted by atomic mass is 32.2. The predicted octanol–water partition coefficient (Wildman–Crippen LogP) is 2.16. The van der Waals surface area contributed by atoms with Crippen molar-refractivity contribution in [2.75, 3.05) is 31.1 Å². The standard InChI is InChI=1S/C21H31N3O4S/c1-4-20(25)24-10-8-17-12-18(5-6-19(17)24)29(27,28)22-9-7-21(26)23-13-15(2)11-16(3)14-23/h5-6,12,15-16,22H,4,7-11,13-14H2,1-3H3/t15-,16+. The summed E-state index contributed by atoms with van der Waals surface area (Å²) < 4.78 is 27.8. The molecule has 160 valence electrons. The van der Waals surface area contributed by atoms with Crippen molar-refractivity contribution in [3.8, 4) is 0 Å². The predicted molar refractivity (Wildman–Crippen MR) is 112 cm³/mol. The molecule has 8 heteroatoms. The molecule has 0 aliphatic carbocycles. The largest absolute Gasteiger partial charge is 0.342 e. The second kappa shape index (κ2) is 8.83. The van der Waals surface area contributed by atoms with Crippen LogP contribution < -0.4 is 9.62 Å². The molecule has 1 N–H and O–H groups in total. The maximum absolute atomic E-state index is 12.6. The van der Waals surface area contributed by atoms with Crippen molar-refractivity contribution in [1.29, 1.82) is 0 Å². The fourth-order valence-corrected chi connectivity index (χ4v) is 5.48. The first kappa shape index (κ1) is 21.8. The van der Waals surface area contributed by atoms with Gasteiger partial charge < -0.3 is 9.80 Å². The Bertz CT molecular complexity index is 874. The number of fused-ring (bicyclic) bond motifs is 1. The molecular formula is C21H31N3O4S. The Labute approximate surface area is 173 Å². The van der Waals surface area contributed by atoms with Crippen molar-refractivity contribution in [3.05, 3.63) is 23.8 Å². The second-order valence-corrected chi connectivity index (χ2v) is 10.1. The van der Waals surface area contributed by atoms with E-state index in [1.54, 1.807) is 17.0 Å². The van der Waals surface area contributed by atoms with Crippen molar-refractivity contribution in [1.82, 2.24) is 9.62 Å². The molecule has 0 saturated carbocycles. The molecule has 2 amide bonds. The normalized spacial score (nSPS) is 21.9. The van der Waals surface area contributed by atoms with Crippen LogP contribution in [0.25, 0.3) is 0 Å². The summed E-state index contributed by atoms with van der Waals surface area (Å²) in [5.41, 5.74) is 1.65. The summed E-state index contributed by atoms with van der Waals surface area (Å²) in [6.07, 6.45) is 2.34. The number of carbonyl (C=O) groups is 2. The maximum Gasteiger partial charge on any atom is 0.240 e. The highest BCUT2D eigenvalue weighted by Gasteiger charge is 2.27. The maximum atomic E-state index is 12.6. The molecule has 1 aromatic rings. The molecule has 1 saturated heterocycles. The zero-order chi connectivity index (χ0) is 21.2. The van der Waals surface area contributed by atoms with Crippen LogP contribution in [0.5, 0.6) is 0 Å². The Morgan fingerprint density at radius 3 is 2.48 bits per heavy atom. The third-order valence-corrected chi connectivity index (χ3v) is 7.17. The summed E-state index contributed by atoms with van der Waals surface area (Å²) >= 11 is 0. The van der Waals surface area contributed by atoms with Gasteiger partial charge in [-0.2, -0.15) is 0 Å². The Morgan fingerprint density at radius 1 is 1.14 bits per heavy atom. The highest BCUT2D eigenvalue weighted by Crippen LogP contribution is 2.30. The van der Waals surface area contributed by atoms with E-state index in [4.69, 9.17) is 0 Å². The van der Waals surface area contributed by atoms with Crippen LogP contribution in [-0.4, -0.2) is 51.3 Å². The molecule has 7 nitrogen and oxygen atoms in total. The van der Waals surface area contributed by atoms with E-state index in [9.17, 15) is 18.0 Å². The van der Waals surface area contributed by atoms with E-state index in [1.807, 2.05) is 11.8 Å². The summed E-state index contributed by atoms with van der Waals surface area (Å²) in [5.74, 6) is 0.987. The van der Waals surface area contributed by atoms with Gasteiger partial charge in [-0.05, 0) is 48.4 Å². The van der Waals surface area contributed by atoms with Gasteiger partial charge in [-0.1, -0.05) is 20.8 Å². The van der Waals surface area contributed by atoms with Crippen LogP contribution in [0.15, 0.2) is 23.1 Å². The lowest BCUT2D eigenvalue weighted by Gasteiger charge is -2.35. The minimum absolute atomic E-state index is 0.00577. The molecule has 2 aliphatic heterocycles. The highest BCUT2D eigenvalue weighted by molar-refractivity contribution is 7.89. The molecule has 1 aromatic carbocycles. The van der Waals surface area contributed by atoms with Gasteiger partial charge in [0.1, 0.15) is 0 Å². The number of hydrogen-bond donors (Lipinski definition) is 1. The molecule has 1 fully saturated rings. The number of anilines is 1. The number of nitrogens with one attached hydrogen (secondary N) is 1. The lowest BCUT2D eigenvalue weighted by atomic mass is 9.92. The lowest BCUT2D eigenvalue weighted by molar-refractivity contribution is -0.133. The van der Waals surface area contributed by atoms with Crippen LogP contribution in [0.2, 0.25) is 0 Å². The fourth-order valence-electron chi connectivity index (χ4n) is 4.40. The molecule has 0 bridgehead atoms. The molecule has 2 aliphatic rings. The van der Waals surface area contributed by atoms with Crippen LogP contribution in [0.1, 0.15) is 45.6 Å². The van der Waals surface area contributed by atoms with E-state index in [0.29, 0.717) is 31.2 Å². The van der Waals surface area contributed by atoms with Crippen molar-refractivity contribution < 1.29 is 18.0 Å². The Hall–Kier alpha value is -1.93. The average Bonchev–Trinajstić information content (AvgIpc) is 3.09. The van der Waals surface area contributed by atoms with E-state index < -0.39 is 10.0 Å². The molecule has 2 heterocycles. The molecule has 0 radical (unpaired) electrons.